The van der Waals surface area contributed by atoms with Gasteiger partial charge in [0.05, 0.1) is 0 Å². The van der Waals surface area contributed by atoms with Crippen molar-refractivity contribution in [3.8, 4) is 0 Å². The molecule has 0 aliphatic heterocycles. The van der Waals surface area contributed by atoms with E-state index in [0.717, 1.165) is 122 Å². The maximum atomic E-state index is 2.58. The topological polar surface area (TPSA) is 0 Å². The average Bonchev–Trinajstić information content (AvgIpc) is 1.63. The van der Waals surface area contributed by atoms with Gasteiger partial charge in [-0.25, -0.2) is 0 Å². The normalized spacial score (nSPS) is 53.2. The molecule has 0 amide bonds. The minimum Gasteiger partial charge on any atom is -0.0776 e. The largest absolute Gasteiger partial charge is 0.0776 e. The molecule has 16 rings (SSSR count). The van der Waals surface area contributed by atoms with E-state index >= 15 is 0 Å². The van der Waals surface area contributed by atoms with Crippen LogP contribution in [0.4, 0.5) is 0 Å². The second-order valence-electron chi connectivity index (χ2n) is 46.8. The van der Waals surface area contributed by atoms with Crippen LogP contribution in [0.2, 0.25) is 0 Å². The summed E-state index contributed by atoms with van der Waals surface area (Å²) in [6.45, 7) is 72.4. The molecule has 16 saturated carbocycles. The fraction of sp³-hybridized carbons (Fsp3) is 1.00. The molecule has 0 aromatic carbocycles. The molecule has 16 aliphatic carbocycles. The van der Waals surface area contributed by atoms with Crippen LogP contribution in [0.5, 0.6) is 0 Å². The maximum absolute atomic E-state index is 2.58. The molecule has 0 saturated heterocycles. The number of rotatable bonds is 6. The van der Waals surface area contributed by atoms with Crippen LogP contribution in [0.25, 0.3) is 0 Å². The lowest BCUT2D eigenvalue weighted by Crippen LogP contribution is -2.56. The first-order chi connectivity index (χ1) is 41.0. The molecule has 532 valence electrons. The molecule has 16 fully saturated rings. The smallest absolute Gasteiger partial charge is 0.0235 e. The van der Waals surface area contributed by atoms with Crippen LogP contribution in [0.15, 0.2) is 0 Å². The van der Waals surface area contributed by atoms with Gasteiger partial charge in [-0.3, -0.25) is 0 Å². The van der Waals surface area contributed by atoms with E-state index in [9.17, 15) is 0 Å². The third-order valence-corrected chi connectivity index (χ3v) is 32.3. The molecular weight excluding hydrogens is 1090 g/mol. The van der Waals surface area contributed by atoms with Crippen LogP contribution in [-0.4, -0.2) is 0 Å². The molecule has 0 spiro atoms. The first-order valence-electron chi connectivity index (χ1n) is 41.0. The third kappa shape index (κ3) is 16.3. The number of hydrogen-bond acceptors (Lipinski definition) is 0. The van der Waals surface area contributed by atoms with Crippen molar-refractivity contribution in [2.24, 2.45) is 176 Å². The zero-order valence-electron chi connectivity index (χ0n) is 67.0. The minimum absolute atomic E-state index is 0. The summed E-state index contributed by atoms with van der Waals surface area (Å²) >= 11 is 0. The lowest BCUT2D eigenvalue weighted by molar-refractivity contribution is -0.162. The van der Waals surface area contributed by atoms with E-state index in [4.69, 9.17) is 0 Å². The fourth-order valence-corrected chi connectivity index (χ4v) is 33.9. The van der Waals surface area contributed by atoms with E-state index in [1.54, 1.807) is 19.3 Å². The molecule has 0 nitrogen and oxygen atoms in total. The predicted molar refractivity (Wildman–Crippen MR) is 403 cm³/mol. The predicted octanol–water partition coefficient (Wildman–Crippen LogP) is 29.3. The Labute approximate surface area is 574 Å². The molecule has 16 aliphatic rings. The molecule has 10 atom stereocenters. The van der Waals surface area contributed by atoms with Gasteiger partial charge in [0.2, 0.25) is 0 Å². The molecule has 91 heavy (non-hydrogen) atoms. The third-order valence-electron chi connectivity index (χ3n) is 32.3. The summed E-state index contributed by atoms with van der Waals surface area (Å²) in [4.78, 5) is 0. The van der Waals surface area contributed by atoms with Crippen LogP contribution >= 0.6 is 0 Å². The first kappa shape index (κ1) is 76.7. The summed E-state index contributed by atoms with van der Waals surface area (Å²) in [6.07, 6.45) is 45.1. The van der Waals surface area contributed by atoms with Gasteiger partial charge in [0.25, 0.3) is 0 Å². The molecule has 10 unspecified atom stereocenters. The summed E-state index contributed by atoms with van der Waals surface area (Å²) in [6, 6.07) is 0. The molecular formula is C91H168. The maximum Gasteiger partial charge on any atom is -0.0235 e. The van der Waals surface area contributed by atoms with Crippen LogP contribution in [0, 0.1) is 176 Å². The number of fused-ring (bicyclic) bond motifs is 8. The van der Waals surface area contributed by atoms with Crippen molar-refractivity contribution >= 4 is 0 Å². The fourth-order valence-electron chi connectivity index (χ4n) is 33.9. The van der Waals surface area contributed by atoms with Gasteiger partial charge in [-0.05, 0) is 369 Å². The van der Waals surface area contributed by atoms with Gasteiger partial charge in [0, 0.05) is 0 Å². The van der Waals surface area contributed by atoms with Gasteiger partial charge < -0.3 is 0 Å². The lowest BCUT2D eigenvalue weighted by Gasteiger charge is -2.67. The van der Waals surface area contributed by atoms with Crippen molar-refractivity contribution in [2.75, 3.05) is 0 Å². The van der Waals surface area contributed by atoms with Gasteiger partial charge in [0.1, 0.15) is 0 Å². The van der Waals surface area contributed by atoms with Gasteiger partial charge in [-0.15, -0.1) is 0 Å². The highest BCUT2D eigenvalue weighted by atomic mass is 14.7. The van der Waals surface area contributed by atoms with Crippen molar-refractivity contribution in [3.63, 3.8) is 0 Å². The standard InChI is InChI=1S/C16H30.C15H26.3C15H28.C14H24.CH4/c1-11(2)14-15(5)7-12(3)8-16(14,6)10-13(4)9-15;1-11(2)15-7-12-5-13(3,9-15)8-14(4,6-12)10-15;1-11(2)15-8-12(3)6-14(5,10-15)7-13(4)9-15;2*1-11(2)13-8-14(4)6-12(3)7-15(5,9-13)10-14;1-10(2)14-8-12(3)5-11(14)6-13(4,7-12)9-14;/h11-14H,7-10H2,1-6H3;11-12H,5-10H2,1-4H3;3*11-13H,6-10H2,1-5H3;10-11H,5-9H2,1-4H3;1H4. The van der Waals surface area contributed by atoms with Crippen LogP contribution in [-0.2, 0) is 0 Å². The average molecular weight is 1260 g/mol. The van der Waals surface area contributed by atoms with E-state index in [1.807, 2.05) is 0 Å². The molecule has 0 heteroatoms. The zero-order valence-corrected chi connectivity index (χ0v) is 67.0. The van der Waals surface area contributed by atoms with Crippen LogP contribution in [0.1, 0.15) is 401 Å². The SMILES string of the molecule is C.CC(C)C12CC3(C)CC1CC(C)(C3)C2.CC(C)C12CC3CC(C)(CC(C)(C3)C1)C2.CC1CC2(C)CC(C(C)C)CC(C)(C1)C2.CC1CC2(C)CC(C(C)C)CC(C)(C1)C2.CC1CC2(C)CC(C)CC(C(C)C)(C1)C2.CC1CC2(C)CC(C)CC(C)(C1)C2C(C)C. The number of hydrogen-bond donors (Lipinski definition) is 0. The Bertz CT molecular complexity index is 2170. The summed E-state index contributed by atoms with van der Waals surface area (Å²) in [5.41, 5.74) is 9.60. The Morgan fingerprint density at radius 3 is 0.791 bits per heavy atom. The second kappa shape index (κ2) is 26.2. The highest BCUT2D eigenvalue weighted by Gasteiger charge is 2.67. The van der Waals surface area contributed by atoms with Gasteiger partial charge in [-0.2, -0.15) is 0 Å². The monoisotopic (exact) mass is 1260 g/mol. The van der Waals surface area contributed by atoms with Crippen LogP contribution in [0.3, 0.4) is 0 Å². The van der Waals surface area contributed by atoms with Crippen molar-refractivity contribution < 1.29 is 0 Å². The summed E-state index contributed by atoms with van der Waals surface area (Å²) < 4.78 is 0. The van der Waals surface area contributed by atoms with Gasteiger partial charge in [0.15, 0.2) is 0 Å². The lowest BCUT2D eigenvalue weighted by atomic mass is 9.38. The Morgan fingerprint density at radius 2 is 0.516 bits per heavy atom. The molecule has 0 aromatic rings. The Kier molecular flexibility index (Phi) is 22.1. The van der Waals surface area contributed by atoms with E-state index in [2.05, 4.69) is 201 Å². The van der Waals surface area contributed by atoms with E-state index < -0.39 is 0 Å². The van der Waals surface area contributed by atoms with Crippen molar-refractivity contribution in [3.05, 3.63) is 0 Å². The highest BCUT2D eigenvalue weighted by molar-refractivity contribution is 5.17. The van der Waals surface area contributed by atoms with Crippen molar-refractivity contribution in [1.29, 1.82) is 0 Å². The molecule has 16 bridgehead atoms. The molecule has 0 heterocycles. The van der Waals surface area contributed by atoms with E-state index in [1.165, 1.54) is 173 Å². The van der Waals surface area contributed by atoms with Gasteiger partial charge in [-0.1, -0.05) is 208 Å². The Morgan fingerprint density at radius 1 is 0.242 bits per heavy atom. The molecule has 0 radical (unpaired) electrons. The summed E-state index contributed by atoms with van der Waals surface area (Å²) in [7, 11) is 0. The summed E-state index contributed by atoms with van der Waals surface area (Å²) in [5.74, 6) is 16.1. The minimum atomic E-state index is 0. The van der Waals surface area contributed by atoms with E-state index in [0.29, 0.717) is 54.1 Å². The Hall–Kier alpha value is 0. The van der Waals surface area contributed by atoms with Crippen molar-refractivity contribution in [1.82, 2.24) is 0 Å². The van der Waals surface area contributed by atoms with Gasteiger partial charge >= 0.3 is 0 Å². The quantitative estimate of drug-likeness (QED) is 0.249. The Balaban J connectivity index is 0.000000140. The van der Waals surface area contributed by atoms with Crippen molar-refractivity contribution in [2.45, 2.75) is 401 Å². The highest BCUT2D eigenvalue weighted by Crippen LogP contribution is 2.77. The van der Waals surface area contributed by atoms with E-state index in [-0.39, 0.29) is 7.43 Å². The summed E-state index contributed by atoms with van der Waals surface area (Å²) in [5, 5.41) is 0. The first-order valence-corrected chi connectivity index (χ1v) is 41.0. The second-order valence-corrected chi connectivity index (χ2v) is 46.8. The molecule has 0 N–H and O–H groups in total. The van der Waals surface area contributed by atoms with Crippen LogP contribution < -0.4 is 0 Å². The molecule has 0 aromatic heterocycles. The zero-order chi connectivity index (χ0) is 67.0.